The van der Waals surface area contributed by atoms with Gasteiger partial charge in [0.25, 0.3) is 0 Å². The van der Waals surface area contributed by atoms with Crippen LogP contribution in [0.4, 0.5) is 0 Å². The number of nitrogens with one attached hydrogen (secondary N) is 1. The van der Waals surface area contributed by atoms with Crippen molar-refractivity contribution in [1.82, 2.24) is 10.2 Å². The van der Waals surface area contributed by atoms with E-state index in [0.29, 0.717) is 11.9 Å². The lowest BCUT2D eigenvalue weighted by atomic mass is 10.1. The molecule has 1 aliphatic carbocycles. The van der Waals surface area contributed by atoms with Crippen molar-refractivity contribution in [3.05, 3.63) is 35.9 Å². The zero-order valence-corrected chi connectivity index (χ0v) is 10.6. The van der Waals surface area contributed by atoms with Crippen LogP contribution >= 0.6 is 0 Å². The Bertz CT molecular complexity index is 412. The van der Waals surface area contributed by atoms with E-state index in [4.69, 9.17) is 0 Å². The fourth-order valence-electron chi connectivity index (χ4n) is 3.11. The molecule has 1 heterocycles. The number of carbonyl (C=O) groups excluding carboxylic acids is 1. The Labute approximate surface area is 108 Å². The highest BCUT2D eigenvalue weighted by Crippen LogP contribution is 2.25. The van der Waals surface area contributed by atoms with Crippen LogP contribution in [0, 0.1) is 0 Å². The van der Waals surface area contributed by atoms with Gasteiger partial charge >= 0.3 is 0 Å². The number of hydrogen-bond donors (Lipinski definition) is 1. The van der Waals surface area contributed by atoms with Crippen molar-refractivity contribution in [2.24, 2.45) is 0 Å². The topological polar surface area (TPSA) is 32.3 Å². The minimum Gasteiger partial charge on any atom is -0.326 e. The summed E-state index contributed by atoms with van der Waals surface area (Å²) in [4.78, 5) is 14.4. The van der Waals surface area contributed by atoms with Gasteiger partial charge in [0.15, 0.2) is 0 Å². The summed E-state index contributed by atoms with van der Waals surface area (Å²) in [5, 5.41) is 3.36. The van der Waals surface area contributed by atoms with Crippen LogP contribution in [0.5, 0.6) is 0 Å². The normalized spacial score (nSPS) is 25.0. The van der Waals surface area contributed by atoms with Crippen molar-refractivity contribution in [3.63, 3.8) is 0 Å². The number of hydrogen-bond acceptors (Lipinski definition) is 2. The van der Waals surface area contributed by atoms with Crippen molar-refractivity contribution in [3.8, 4) is 0 Å². The van der Waals surface area contributed by atoms with E-state index in [-0.39, 0.29) is 6.04 Å². The number of nitrogens with zero attached hydrogens (tertiary/aromatic N) is 1. The molecule has 1 aromatic carbocycles. The highest BCUT2D eigenvalue weighted by Gasteiger charge is 2.36. The van der Waals surface area contributed by atoms with E-state index in [1.54, 1.807) is 0 Å². The molecule has 1 amide bonds. The average molecular weight is 244 g/mol. The number of benzene rings is 1. The molecule has 96 valence electrons. The Morgan fingerprint density at radius 2 is 1.89 bits per heavy atom. The van der Waals surface area contributed by atoms with E-state index in [9.17, 15) is 4.79 Å². The largest absolute Gasteiger partial charge is 0.326 e. The second-order valence-electron chi connectivity index (χ2n) is 5.35. The zero-order valence-electron chi connectivity index (χ0n) is 10.6. The lowest BCUT2D eigenvalue weighted by Crippen LogP contribution is -2.37. The van der Waals surface area contributed by atoms with Gasteiger partial charge in [-0.2, -0.15) is 0 Å². The summed E-state index contributed by atoms with van der Waals surface area (Å²) in [6, 6.07) is 10.7. The first-order valence-electron chi connectivity index (χ1n) is 6.92. The molecule has 18 heavy (non-hydrogen) atoms. The third-order valence-corrected chi connectivity index (χ3v) is 4.14. The van der Waals surface area contributed by atoms with E-state index in [2.05, 4.69) is 22.3 Å². The molecule has 1 saturated heterocycles. The van der Waals surface area contributed by atoms with Crippen LogP contribution in [0.1, 0.15) is 31.2 Å². The molecule has 1 aromatic rings. The first kappa shape index (κ1) is 11.7. The number of carbonyl (C=O) groups is 1. The van der Waals surface area contributed by atoms with Crippen LogP contribution < -0.4 is 5.32 Å². The molecule has 2 fully saturated rings. The Morgan fingerprint density at radius 1 is 1.17 bits per heavy atom. The number of rotatable bonds is 3. The minimum absolute atomic E-state index is 0.0204. The van der Waals surface area contributed by atoms with Crippen molar-refractivity contribution < 1.29 is 4.79 Å². The first-order chi connectivity index (χ1) is 8.84. The van der Waals surface area contributed by atoms with E-state index in [0.717, 1.165) is 13.1 Å². The van der Waals surface area contributed by atoms with E-state index < -0.39 is 0 Å². The van der Waals surface area contributed by atoms with Gasteiger partial charge in [-0.25, -0.2) is 0 Å². The quantitative estimate of drug-likeness (QED) is 0.881. The van der Waals surface area contributed by atoms with Gasteiger partial charge in [0, 0.05) is 6.04 Å². The fraction of sp³-hybridized carbons (Fsp3) is 0.533. The molecule has 0 bridgehead atoms. The third-order valence-electron chi connectivity index (χ3n) is 4.14. The van der Waals surface area contributed by atoms with Gasteiger partial charge in [0.2, 0.25) is 5.91 Å². The predicted octanol–water partition coefficient (Wildman–Crippen LogP) is 1.93. The minimum atomic E-state index is -0.0204. The van der Waals surface area contributed by atoms with E-state index in [1.165, 1.54) is 31.2 Å². The van der Waals surface area contributed by atoms with Gasteiger partial charge in [0.05, 0.1) is 12.7 Å². The van der Waals surface area contributed by atoms with Crippen molar-refractivity contribution >= 4 is 5.91 Å². The van der Waals surface area contributed by atoms with Crippen molar-refractivity contribution in [2.45, 2.75) is 44.2 Å². The second kappa shape index (κ2) is 5.11. The second-order valence-corrected chi connectivity index (χ2v) is 5.35. The van der Waals surface area contributed by atoms with Crippen LogP contribution in [0.15, 0.2) is 30.3 Å². The van der Waals surface area contributed by atoms with Crippen LogP contribution in [-0.2, 0) is 11.2 Å². The SMILES string of the molecule is O=C1C(Cc2ccccc2)NCN1C1CCCC1. The Hall–Kier alpha value is -1.35. The smallest absolute Gasteiger partial charge is 0.241 e. The molecule has 3 nitrogen and oxygen atoms in total. The Kier molecular flexibility index (Phi) is 3.33. The summed E-state index contributed by atoms with van der Waals surface area (Å²) in [7, 11) is 0. The summed E-state index contributed by atoms with van der Waals surface area (Å²) in [6.45, 7) is 0.737. The predicted molar refractivity (Wildman–Crippen MR) is 71.0 cm³/mol. The molecule has 1 N–H and O–H groups in total. The highest BCUT2D eigenvalue weighted by molar-refractivity contribution is 5.84. The molecule has 3 rings (SSSR count). The third kappa shape index (κ3) is 2.27. The van der Waals surface area contributed by atoms with Gasteiger partial charge in [-0.05, 0) is 24.8 Å². The lowest BCUT2D eigenvalue weighted by molar-refractivity contribution is -0.130. The van der Waals surface area contributed by atoms with Gasteiger partial charge in [-0.3, -0.25) is 10.1 Å². The molecule has 0 radical (unpaired) electrons. The summed E-state index contributed by atoms with van der Waals surface area (Å²) < 4.78 is 0. The summed E-state index contributed by atoms with van der Waals surface area (Å²) in [6.07, 6.45) is 5.73. The molecule has 0 aromatic heterocycles. The zero-order chi connectivity index (χ0) is 12.4. The molecular weight excluding hydrogens is 224 g/mol. The van der Waals surface area contributed by atoms with Crippen LogP contribution in [0.3, 0.4) is 0 Å². The van der Waals surface area contributed by atoms with Gasteiger partial charge < -0.3 is 4.90 Å². The molecule has 1 aliphatic heterocycles. The maximum atomic E-state index is 12.4. The average Bonchev–Trinajstić information content (AvgIpc) is 3.02. The fourth-order valence-corrected chi connectivity index (χ4v) is 3.11. The standard InChI is InChI=1S/C15H20N2O/c18-15-14(10-12-6-2-1-3-7-12)16-11-17(15)13-8-4-5-9-13/h1-3,6-7,13-14,16H,4-5,8-11H2. The maximum Gasteiger partial charge on any atom is 0.241 e. The van der Waals surface area contributed by atoms with E-state index >= 15 is 0 Å². The summed E-state index contributed by atoms with van der Waals surface area (Å²) >= 11 is 0. The van der Waals surface area contributed by atoms with Gasteiger partial charge in [-0.15, -0.1) is 0 Å². The highest BCUT2D eigenvalue weighted by atomic mass is 16.2. The van der Waals surface area contributed by atoms with E-state index in [1.807, 2.05) is 18.2 Å². The summed E-state index contributed by atoms with van der Waals surface area (Å²) in [5.41, 5.74) is 1.23. The Morgan fingerprint density at radius 3 is 2.61 bits per heavy atom. The first-order valence-corrected chi connectivity index (χ1v) is 6.92. The molecule has 0 spiro atoms. The molecule has 1 atom stereocenters. The molecule has 1 unspecified atom stereocenters. The molecule has 2 aliphatic rings. The lowest BCUT2D eigenvalue weighted by Gasteiger charge is -2.22. The monoisotopic (exact) mass is 244 g/mol. The summed E-state index contributed by atoms with van der Waals surface area (Å²) in [5.74, 6) is 0.297. The molecular formula is C15H20N2O. The van der Waals surface area contributed by atoms with Crippen molar-refractivity contribution in [1.29, 1.82) is 0 Å². The van der Waals surface area contributed by atoms with Crippen LogP contribution in [0.2, 0.25) is 0 Å². The van der Waals surface area contributed by atoms with Crippen molar-refractivity contribution in [2.75, 3.05) is 6.67 Å². The number of amides is 1. The van der Waals surface area contributed by atoms with Gasteiger partial charge in [0.1, 0.15) is 0 Å². The Balaban J connectivity index is 1.63. The van der Waals surface area contributed by atoms with Gasteiger partial charge in [-0.1, -0.05) is 43.2 Å². The molecule has 1 saturated carbocycles. The maximum absolute atomic E-state index is 12.4. The van der Waals surface area contributed by atoms with Crippen LogP contribution in [-0.4, -0.2) is 29.6 Å². The van der Waals surface area contributed by atoms with Crippen LogP contribution in [0.25, 0.3) is 0 Å². The molecule has 3 heteroatoms.